The van der Waals surface area contributed by atoms with E-state index < -0.39 is 28.7 Å². The molecule has 12 heteroatoms. The molecule has 1 saturated carbocycles. The van der Waals surface area contributed by atoms with Crippen molar-refractivity contribution in [2.45, 2.75) is 128 Å². The average Bonchev–Trinajstić information content (AvgIpc) is 3.97. The zero-order valence-corrected chi connectivity index (χ0v) is 37.3. The zero-order valence-electron chi connectivity index (χ0n) is 37.3. The molecule has 0 amide bonds. The van der Waals surface area contributed by atoms with Crippen molar-refractivity contribution in [2.24, 2.45) is 28.9 Å². The van der Waals surface area contributed by atoms with Crippen molar-refractivity contribution in [3.63, 3.8) is 0 Å². The molecular weight excluding hydrogens is 781 g/mol. The van der Waals surface area contributed by atoms with Gasteiger partial charge in [-0.3, -0.25) is 9.59 Å². The first kappa shape index (κ1) is 44.3. The number of dihydropyridines is 2. The van der Waals surface area contributed by atoms with Crippen LogP contribution in [0.4, 0.5) is 0 Å². The fraction of sp³-hybridized carbons (Fsp3) is 0.580. The van der Waals surface area contributed by atoms with Crippen LogP contribution < -0.4 is 32.3 Å². The standard InChI is InChI=1S/C50H68N6O6/c1-6-53-40-23-34-11-8-7-10-33(34)22-36(40)29-61-47(60)50-45(59)43-35(25-48(3,4)24-31-15-18-41(51)55-27-31)12-9-13-39(43)44(58)49(50,62-50)26-37(28-57)30(2)14-16-32-20-21-54-46-38(32)17-19-42(52-5)56-46/h8-9,11-13,15,18,20,27,33-34,36,40-42,52-57H,6-7,10,14,16-17,19,21-26,28-29,51H2,1-5H3/b37-30-/t33-,34+,36+,40-,41?,42+,49-,50-/m0/s1. The van der Waals surface area contributed by atoms with Gasteiger partial charge in [0, 0.05) is 42.3 Å². The number of hydrogen-bond acceptors (Lipinski definition) is 12. The van der Waals surface area contributed by atoms with Gasteiger partial charge in [0.1, 0.15) is 5.82 Å². The first-order chi connectivity index (χ1) is 29.8. The molecule has 8 N–H and O–H groups in total. The van der Waals surface area contributed by atoms with Crippen molar-refractivity contribution < 1.29 is 29.0 Å². The van der Waals surface area contributed by atoms with Crippen molar-refractivity contribution in [3.05, 3.63) is 105 Å². The van der Waals surface area contributed by atoms with Crippen LogP contribution in [-0.4, -0.2) is 85.6 Å². The molecule has 0 bridgehead atoms. The molecule has 334 valence electrons. The lowest BCUT2D eigenvalue weighted by Crippen LogP contribution is -2.52. The van der Waals surface area contributed by atoms with E-state index in [0.717, 1.165) is 75.0 Å². The number of rotatable bonds is 16. The Morgan fingerprint density at radius 1 is 1.13 bits per heavy atom. The molecule has 0 spiro atoms. The highest BCUT2D eigenvalue weighted by Crippen LogP contribution is 2.60. The Morgan fingerprint density at radius 2 is 1.97 bits per heavy atom. The van der Waals surface area contributed by atoms with Crippen LogP contribution >= 0.6 is 0 Å². The molecule has 0 aromatic heterocycles. The number of ketones is 2. The zero-order chi connectivity index (χ0) is 43.8. The Hall–Kier alpha value is -4.33. The van der Waals surface area contributed by atoms with E-state index in [-0.39, 0.29) is 60.5 Å². The van der Waals surface area contributed by atoms with Gasteiger partial charge in [-0.2, -0.15) is 0 Å². The lowest BCUT2D eigenvalue weighted by Gasteiger charge is -2.42. The maximum atomic E-state index is 15.3. The fourth-order valence-corrected chi connectivity index (χ4v) is 11.4. The minimum absolute atomic E-state index is 0.0555. The van der Waals surface area contributed by atoms with E-state index in [1.54, 1.807) is 6.07 Å². The number of fused-ring (bicyclic) bond motifs is 3. The average molecular weight is 849 g/mol. The van der Waals surface area contributed by atoms with Gasteiger partial charge in [-0.15, -0.1) is 0 Å². The number of benzene rings is 1. The molecule has 0 radical (unpaired) electrons. The number of aliphatic hydroxyl groups is 1. The second-order valence-electron chi connectivity index (χ2n) is 19.5. The van der Waals surface area contributed by atoms with E-state index in [1.807, 2.05) is 44.5 Å². The number of aliphatic hydroxyl groups excluding tert-OH is 1. The summed E-state index contributed by atoms with van der Waals surface area (Å²) in [4.78, 5) is 45.3. The van der Waals surface area contributed by atoms with Crippen LogP contribution in [0.3, 0.4) is 0 Å². The topological polar surface area (TPSA) is 179 Å². The third kappa shape index (κ3) is 8.41. The summed E-state index contributed by atoms with van der Waals surface area (Å²) >= 11 is 0. The molecule has 1 aromatic rings. The van der Waals surface area contributed by atoms with Gasteiger partial charge < -0.3 is 46.9 Å². The van der Waals surface area contributed by atoms with Gasteiger partial charge in [0.2, 0.25) is 5.78 Å². The van der Waals surface area contributed by atoms with Crippen LogP contribution in [0.5, 0.6) is 0 Å². The van der Waals surface area contributed by atoms with Crippen molar-refractivity contribution in [1.29, 1.82) is 0 Å². The summed E-state index contributed by atoms with van der Waals surface area (Å²) in [6, 6.07) is 5.54. The maximum Gasteiger partial charge on any atom is 0.350 e. The van der Waals surface area contributed by atoms with Crippen LogP contribution in [0, 0.1) is 23.2 Å². The van der Waals surface area contributed by atoms with Gasteiger partial charge in [-0.1, -0.05) is 68.8 Å². The number of nitrogens with one attached hydrogen (secondary N) is 5. The second-order valence-corrected chi connectivity index (χ2v) is 19.5. The van der Waals surface area contributed by atoms with Crippen molar-refractivity contribution in [3.8, 4) is 0 Å². The van der Waals surface area contributed by atoms with E-state index in [9.17, 15) is 9.90 Å². The molecule has 1 unspecified atom stereocenters. The molecule has 7 aliphatic rings. The monoisotopic (exact) mass is 849 g/mol. The maximum absolute atomic E-state index is 15.3. The summed E-state index contributed by atoms with van der Waals surface area (Å²) < 4.78 is 12.7. The lowest BCUT2D eigenvalue weighted by molar-refractivity contribution is -0.150. The van der Waals surface area contributed by atoms with Gasteiger partial charge in [-0.05, 0) is 136 Å². The van der Waals surface area contributed by atoms with Crippen LogP contribution in [-0.2, 0) is 20.7 Å². The predicted molar refractivity (Wildman–Crippen MR) is 241 cm³/mol. The molecule has 4 aliphatic heterocycles. The largest absolute Gasteiger partial charge is 0.463 e. The molecule has 1 aromatic carbocycles. The number of esters is 1. The summed E-state index contributed by atoms with van der Waals surface area (Å²) in [5, 5.41) is 28.1. The Morgan fingerprint density at radius 3 is 2.73 bits per heavy atom. The molecule has 12 nitrogen and oxygen atoms in total. The molecule has 3 aliphatic carbocycles. The third-order valence-electron chi connectivity index (χ3n) is 14.8. The van der Waals surface area contributed by atoms with E-state index in [4.69, 9.17) is 15.2 Å². The number of allylic oxidation sites excluding steroid dienone is 7. The van der Waals surface area contributed by atoms with Crippen LogP contribution in [0.25, 0.3) is 0 Å². The highest BCUT2D eigenvalue weighted by atomic mass is 16.7. The van der Waals surface area contributed by atoms with Gasteiger partial charge in [-0.25, -0.2) is 4.79 Å². The van der Waals surface area contributed by atoms with Gasteiger partial charge in [0.05, 0.1) is 25.5 Å². The summed E-state index contributed by atoms with van der Waals surface area (Å²) in [5.41, 5.74) is 7.99. The number of nitrogens with two attached hydrogens (primary N) is 1. The van der Waals surface area contributed by atoms with E-state index in [0.29, 0.717) is 42.2 Å². The second kappa shape index (κ2) is 18.0. The molecule has 62 heavy (non-hydrogen) atoms. The van der Waals surface area contributed by atoms with Gasteiger partial charge in [0.25, 0.3) is 5.60 Å². The Balaban J connectivity index is 1.09. The van der Waals surface area contributed by atoms with Crippen molar-refractivity contribution >= 4 is 17.5 Å². The Bertz CT molecular complexity index is 2130. The summed E-state index contributed by atoms with van der Waals surface area (Å²) in [6.45, 7) is 9.63. The van der Waals surface area contributed by atoms with Crippen molar-refractivity contribution in [1.82, 2.24) is 26.6 Å². The molecule has 4 heterocycles. The molecule has 8 rings (SSSR count). The molecule has 1 saturated heterocycles. The first-order valence-electron chi connectivity index (χ1n) is 23.1. The number of carbonyl (C=O) groups is 3. The highest BCUT2D eigenvalue weighted by molar-refractivity contribution is 6.33. The lowest BCUT2D eigenvalue weighted by atomic mass is 9.68. The molecule has 8 atom stereocenters. The quantitative estimate of drug-likeness (QED) is 0.0480. The summed E-state index contributed by atoms with van der Waals surface area (Å²) in [6.07, 6.45) is 21.1. The Kier molecular flexibility index (Phi) is 12.9. The first-order valence-corrected chi connectivity index (χ1v) is 23.1. The molecular formula is C50H68N6O6. The van der Waals surface area contributed by atoms with Crippen LogP contribution in [0.15, 0.2) is 88.5 Å². The number of Topliss-reactive ketones (excluding diaryl/α,β-unsaturated/α-hetero) is 2. The normalized spacial score (nSPS) is 31.5. The number of ether oxygens (including phenoxy) is 2. The Labute approximate surface area is 367 Å². The number of epoxide rings is 1. The highest BCUT2D eigenvalue weighted by Gasteiger charge is 2.86. The minimum Gasteiger partial charge on any atom is -0.463 e. The number of hydrogen-bond donors (Lipinski definition) is 7. The number of carbonyl (C=O) groups excluding carboxylic acids is 3. The summed E-state index contributed by atoms with van der Waals surface area (Å²) in [7, 11) is 1.96. The van der Waals surface area contributed by atoms with Crippen LogP contribution in [0.2, 0.25) is 0 Å². The minimum atomic E-state index is -2.15. The van der Waals surface area contributed by atoms with Gasteiger partial charge >= 0.3 is 5.97 Å². The SMILES string of the molecule is CCN[C@H]1C[C@H]2C=CCC[C@H]2C[C@@H]1COC(=O)[C@]12O[C@@]1(C/C(CO)=C(\C)CCC1=CCNC3=C1CC[C@H](NC)N3)C(=O)c1cccc(CC(C)(C)CC3=CNC(N)C=C3)c1C2=O. The van der Waals surface area contributed by atoms with E-state index in [1.165, 1.54) is 11.1 Å². The third-order valence-corrected chi connectivity index (χ3v) is 14.8. The van der Waals surface area contributed by atoms with Gasteiger partial charge in [0.15, 0.2) is 11.4 Å². The van der Waals surface area contributed by atoms with Crippen molar-refractivity contribution in [2.75, 3.05) is 33.4 Å². The van der Waals surface area contributed by atoms with E-state index >= 15 is 9.59 Å². The predicted octanol–water partition coefficient (Wildman–Crippen LogP) is 5.52. The fourth-order valence-electron chi connectivity index (χ4n) is 11.4. The summed E-state index contributed by atoms with van der Waals surface area (Å²) in [5.74, 6) is 0.367. The van der Waals surface area contributed by atoms with E-state index in [2.05, 4.69) is 65.6 Å². The molecule has 2 fully saturated rings. The smallest absolute Gasteiger partial charge is 0.350 e. The van der Waals surface area contributed by atoms with Crippen LogP contribution in [0.1, 0.15) is 118 Å².